The minimum Gasteiger partial charge on any atom is -0.492 e. The molecule has 0 aliphatic heterocycles. The van der Waals surface area contributed by atoms with E-state index in [0.717, 1.165) is 16.9 Å². The Labute approximate surface area is 150 Å². The molecule has 3 N–H and O–H groups in total. The molecule has 0 bridgehead atoms. The maximum absolute atomic E-state index is 5.83. The molecule has 1 aromatic rings. The highest BCUT2D eigenvalue weighted by molar-refractivity contribution is 8.16. The Morgan fingerprint density at radius 2 is 2.00 bits per heavy atom. The Morgan fingerprint density at radius 1 is 1.39 bits per heavy atom. The van der Waals surface area contributed by atoms with Crippen molar-refractivity contribution < 1.29 is 4.74 Å². The van der Waals surface area contributed by atoms with Gasteiger partial charge in [0, 0.05) is 16.7 Å². The third-order valence-corrected chi connectivity index (χ3v) is 4.60. The lowest BCUT2D eigenvalue weighted by Gasteiger charge is -2.32. The van der Waals surface area contributed by atoms with Crippen molar-refractivity contribution in [3.05, 3.63) is 24.3 Å². The molecule has 0 aliphatic rings. The molecular weight excluding hydrogens is 347 g/mol. The molecule has 0 spiro atoms. The zero-order valence-electron chi connectivity index (χ0n) is 14.0. The lowest BCUT2D eigenvalue weighted by atomic mass is 10.1. The number of benzene rings is 1. The minimum atomic E-state index is -0.0278. The van der Waals surface area contributed by atoms with E-state index in [1.54, 1.807) is 0 Å². The Morgan fingerprint density at radius 3 is 2.52 bits per heavy atom. The number of aliphatic imine (C=N–C) groups is 1. The van der Waals surface area contributed by atoms with Crippen LogP contribution in [0.5, 0.6) is 5.75 Å². The van der Waals surface area contributed by atoms with Crippen LogP contribution in [-0.4, -0.2) is 46.9 Å². The lowest BCUT2D eigenvalue weighted by molar-refractivity contribution is 0.114. The first-order chi connectivity index (χ1) is 10.7. The summed E-state index contributed by atoms with van der Waals surface area (Å²) in [7, 11) is 6.66. The lowest BCUT2D eigenvalue weighted by Crippen LogP contribution is -2.43. The molecule has 0 radical (unpaired) electrons. The molecule has 0 saturated carbocycles. The van der Waals surface area contributed by atoms with E-state index in [1.807, 2.05) is 38.4 Å². The average Bonchev–Trinajstić information content (AvgIpc) is 2.46. The van der Waals surface area contributed by atoms with E-state index in [1.165, 1.54) is 11.8 Å². The summed E-state index contributed by atoms with van der Waals surface area (Å²) < 4.78 is 5.83. The molecule has 0 aliphatic carbocycles. The van der Waals surface area contributed by atoms with Crippen molar-refractivity contribution in [1.29, 1.82) is 0 Å². The number of anilines is 1. The highest BCUT2D eigenvalue weighted by Gasteiger charge is 2.21. The summed E-state index contributed by atoms with van der Waals surface area (Å²) in [6, 6.07) is 7.61. The van der Waals surface area contributed by atoms with Gasteiger partial charge in [-0.15, -0.1) is 9.24 Å². The van der Waals surface area contributed by atoms with Crippen LogP contribution in [0.25, 0.3) is 0 Å². The van der Waals surface area contributed by atoms with Crippen LogP contribution in [0, 0.1) is 0 Å². The Hall–Kier alpha value is -0.880. The van der Waals surface area contributed by atoms with Crippen molar-refractivity contribution in [3.8, 4) is 5.75 Å². The fourth-order valence-corrected chi connectivity index (χ4v) is 2.51. The van der Waals surface area contributed by atoms with Crippen LogP contribution < -0.4 is 15.8 Å². The molecule has 5 nitrogen and oxygen atoms in total. The first-order valence-corrected chi connectivity index (χ1v) is 9.34. The molecule has 8 heteroatoms. The summed E-state index contributed by atoms with van der Waals surface area (Å²) >= 11 is 6.58. The van der Waals surface area contributed by atoms with Gasteiger partial charge in [-0.3, -0.25) is 0 Å². The van der Waals surface area contributed by atoms with E-state index in [9.17, 15) is 0 Å². The van der Waals surface area contributed by atoms with Gasteiger partial charge in [0.05, 0.1) is 0 Å². The van der Waals surface area contributed by atoms with Gasteiger partial charge in [0.15, 0.2) is 10.3 Å². The number of thiocarbonyl (C=S) groups is 1. The van der Waals surface area contributed by atoms with Gasteiger partial charge >= 0.3 is 0 Å². The Balaban J connectivity index is 2.57. The Bertz CT molecular complexity index is 547. The molecule has 23 heavy (non-hydrogen) atoms. The Kier molecular flexibility index (Phi) is 8.26. The van der Waals surface area contributed by atoms with Gasteiger partial charge in [-0.1, -0.05) is 11.8 Å². The van der Waals surface area contributed by atoms with Crippen molar-refractivity contribution in [2.75, 3.05) is 31.5 Å². The zero-order valence-corrected chi connectivity index (χ0v) is 16.8. The second kappa shape index (κ2) is 9.42. The maximum Gasteiger partial charge on any atom is 0.199 e. The molecule has 0 heterocycles. The van der Waals surface area contributed by atoms with Crippen molar-refractivity contribution in [3.63, 3.8) is 0 Å². The van der Waals surface area contributed by atoms with Crippen LogP contribution in [0.4, 0.5) is 5.69 Å². The number of nitrogens with one attached hydrogen (secondary N) is 1. The third-order valence-electron chi connectivity index (χ3n) is 3.35. The summed E-state index contributed by atoms with van der Waals surface area (Å²) in [4.78, 5) is 6.24. The van der Waals surface area contributed by atoms with Gasteiger partial charge < -0.3 is 20.7 Å². The van der Waals surface area contributed by atoms with E-state index in [4.69, 9.17) is 22.7 Å². The minimum absolute atomic E-state index is 0.0278. The highest BCUT2D eigenvalue weighted by atomic mass is 32.2. The molecule has 0 fully saturated rings. The van der Waals surface area contributed by atoms with Gasteiger partial charge in [0.2, 0.25) is 0 Å². The quantitative estimate of drug-likeness (QED) is 0.346. The van der Waals surface area contributed by atoms with E-state index in [-0.39, 0.29) is 5.54 Å². The molecule has 1 unspecified atom stereocenters. The molecule has 1 atom stereocenters. The maximum atomic E-state index is 5.83. The molecule has 1 rings (SSSR count). The van der Waals surface area contributed by atoms with Gasteiger partial charge in [-0.05, 0) is 64.4 Å². The predicted octanol–water partition coefficient (Wildman–Crippen LogP) is 2.98. The number of ether oxygens (including phenoxy) is 1. The van der Waals surface area contributed by atoms with E-state index < -0.39 is 0 Å². The number of hydrogen-bond acceptors (Lipinski definition) is 4. The predicted molar refractivity (Wildman–Crippen MR) is 110 cm³/mol. The molecule has 128 valence electrons. The van der Waals surface area contributed by atoms with Crippen LogP contribution >= 0.6 is 33.2 Å². The number of rotatable bonds is 6. The number of likely N-dealkylation sites (N-methyl/N-ethyl adjacent to an activating group) is 1. The summed E-state index contributed by atoms with van der Waals surface area (Å²) in [5, 5.41) is 3.82. The highest BCUT2D eigenvalue weighted by Crippen LogP contribution is 2.19. The van der Waals surface area contributed by atoms with Gasteiger partial charge in [-0.25, -0.2) is 0 Å². The van der Waals surface area contributed by atoms with E-state index in [2.05, 4.69) is 38.3 Å². The summed E-state index contributed by atoms with van der Waals surface area (Å²) in [5.74, 6) is 0.818. The molecule has 1 aromatic carbocycles. The monoisotopic (exact) mass is 372 g/mol. The van der Waals surface area contributed by atoms with Crippen LogP contribution in [0.1, 0.15) is 13.8 Å². The van der Waals surface area contributed by atoms with Crippen molar-refractivity contribution >= 4 is 49.2 Å². The summed E-state index contributed by atoms with van der Waals surface area (Å²) in [6.45, 7) is 4.88. The molecule has 0 aromatic heterocycles. The van der Waals surface area contributed by atoms with Crippen LogP contribution in [-0.2, 0) is 0 Å². The third kappa shape index (κ3) is 7.48. The first-order valence-electron chi connectivity index (χ1n) is 7.13. The number of nitrogens with zero attached hydrogens (tertiary/aromatic N) is 2. The SMILES string of the molecule is CN(C)C(C)(C)COc1ccc(NC(=S)N=C(N)SCP)cc1. The van der Waals surface area contributed by atoms with Crippen LogP contribution in [0.3, 0.4) is 0 Å². The standard InChI is InChI=1S/C15H25N4OPS2/c1-15(2,19(3)4)9-20-12-7-5-11(6-8-12)17-14(22)18-13(16)23-10-21/h5-8H,9-10,21H2,1-4H3,(H3,16,17,18,22). The largest absolute Gasteiger partial charge is 0.492 e. The molecule has 0 amide bonds. The fourth-order valence-electron chi connectivity index (χ4n) is 1.39. The second-order valence-corrected chi connectivity index (χ2v) is 8.14. The van der Waals surface area contributed by atoms with Crippen LogP contribution in [0.2, 0.25) is 0 Å². The molecular formula is C15H25N4OPS2. The summed E-state index contributed by atoms with van der Waals surface area (Å²) in [6.07, 6.45) is 0. The summed E-state index contributed by atoms with van der Waals surface area (Å²) in [5.41, 5.74) is 7.32. The fraction of sp³-hybridized carbons (Fsp3) is 0.467. The average molecular weight is 373 g/mol. The number of thioether (sulfide) groups is 1. The van der Waals surface area contributed by atoms with Crippen molar-refractivity contribution in [2.24, 2.45) is 10.7 Å². The van der Waals surface area contributed by atoms with E-state index >= 15 is 0 Å². The van der Waals surface area contributed by atoms with Crippen molar-refractivity contribution in [1.82, 2.24) is 4.90 Å². The van der Waals surface area contributed by atoms with Gasteiger partial charge in [0.1, 0.15) is 12.4 Å². The number of amidine groups is 1. The molecule has 0 saturated heterocycles. The normalized spacial score (nSPS) is 12.3. The number of hydrogen-bond donors (Lipinski definition) is 2. The number of nitrogens with two attached hydrogens (primary N) is 1. The van der Waals surface area contributed by atoms with Crippen molar-refractivity contribution in [2.45, 2.75) is 19.4 Å². The van der Waals surface area contributed by atoms with Gasteiger partial charge in [0.25, 0.3) is 0 Å². The first kappa shape index (κ1) is 20.2. The van der Waals surface area contributed by atoms with E-state index in [0.29, 0.717) is 16.9 Å². The smallest absolute Gasteiger partial charge is 0.199 e. The zero-order chi connectivity index (χ0) is 17.5. The second-order valence-electron chi connectivity index (χ2n) is 5.71. The topological polar surface area (TPSA) is 62.9 Å². The van der Waals surface area contributed by atoms with Gasteiger partial charge in [-0.2, -0.15) is 4.99 Å². The van der Waals surface area contributed by atoms with Crippen LogP contribution in [0.15, 0.2) is 29.3 Å².